The molecule has 0 aliphatic heterocycles. The van der Waals surface area contributed by atoms with E-state index in [4.69, 9.17) is 0 Å². The summed E-state index contributed by atoms with van der Waals surface area (Å²) in [6.07, 6.45) is 4.16. The number of benzene rings is 2. The van der Waals surface area contributed by atoms with Gasteiger partial charge in [0.25, 0.3) is 5.56 Å². The standard InChI is InChI=1S/C18H16N2OS/c1-20-17(21)15-11-5-6-12-16(15)19-18(20)22-13-7-10-14-8-3-2-4-9-14/h2-12H,13H2,1H3. The Hall–Kier alpha value is -2.33. The molecule has 0 aliphatic rings. The maximum absolute atomic E-state index is 12.3. The Labute approximate surface area is 133 Å². The Balaban J connectivity index is 1.78. The van der Waals surface area contributed by atoms with Crippen molar-refractivity contribution in [3.05, 3.63) is 76.6 Å². The Morgan fingerprint density at radius 3 is 2.64 bits per heavy atom. The first-order chi connectivity index (χ1) is 10.8. The van der Waals surface area contributed by atoms with Crippen LogP contribution in [-0.4, -0.2) is 15.3 Å². The smallest absolute Gasteiger partial charge is 0.261 e. The molecule has 3 aromatic rings. The maximum atomic E-state index is 12.3. The van der Waals surface area contributed by atoms with Gasteiger partial charge < -0.3 is 0 Å². The van der Waals surface area contributed by atoms with Crippen molar-refractivity contribution in [3.63, 3.8) is 0 Å². The van der Waals surface area contributed by atoms with Crippen LogP contribution in [-0.2, 0) is 7.05 Å². The van der Waals surface area contributed by atoms with Crippen molar-refractivity contribution in [2.24, 2.45) is 7.05 Å². The summed E-state index contributed by atoms with van der Waals surface area (Å²) in [7, 11) is 1.77. The second kappa shape index (κ2) is 6.62. The van der Waals surface area contributed by atoms with Gasteiger partial charge in [-0.1, -0.05) is 66.4 Å². The lowest BCUT2D eigenvalue weighted by atomic mass is 10.2. The van der Waals surface area contributed by atoms with Gasteiger partial charge in [-0.3, -0.25) is 9.36 Å². The zero-order valence-corrected chi connectivity index (χ0v) is 13.1. The number of rotatable bonds is 4. The molecular formula is C18H16N2OS. The Bertz CT molecular complexity index is 869. The lowest BCUT2D eigenvalue weighted by Gasteiger charge is -2.07. The van der Waals surface area contributed by atoms with Crippen molar-refractivity contribution in [3.8, 4) is 0 Å². The summed E-state index contributed by atoms with van der Waals surface area (Å²) in [4.78, 5) is 16.9. The predicted octanol–water partition coefficient (Wildman–Crippen LogP) is 3.74. The largest absolute Gasteiger partial charge is 0.290 e. The van der Waals surface area contributed by atoms with E-state index >= 15 is 0 Å². The molecule has 3 nitrogen and oxygen atoms in total. The molecule has 0 unspecified atom stereocenters. The summed E-state index contributed by atoms with van der Waals surface area (Å²) in [6.45, 7) is 0. The van der Waals surface area contributed by atoms with Crippen LogP contribution in [0.3, 0.4) is 0 Å². The summed E-state index contributed by atoms with van der Waals surface area (Å²) in [5, 5.41) is 1.40. The molecule has 3 rings (SSSR count). The fourth-order valence-corrected chi connectivity index (χ4v) is 2.98. The normalized spacial score (nSPS) is 11.3. The van der Waals surface area contributed by atoms with Gasteiger partial charge in [0.2, 0.25) is 0 Å². The summed E-state index contributed by atoms with van der Waals surface area (Å²) in [5.41, 5.74) is 1.92. The van der Waals surface area contributed by atoms with E-state index in [1.807, 2.05) is 42.5 Å². The minimum atomic E-state index is 0.000129. The van der Waals surface area contributed by atoms with E-state index < -0.39 is 0 Å². The second-order valence-corrected chi connectivity index (χ2v) is 5.89. The zero-order chi connectivity index (χ0) is 15.4. The fraction of sp³-hybridized carbons (Fsp3) is 0.111. The van der Waals surface area contributed by atoms with Crippen molar-refractivity contribution in [1.29, 1.82) is 0 Å². The number of hydrogen-bond acceptors (Lipinski definition) is 3. The lowest BCUT2D eigenvalue weighted by Crippen LogP contribution is -2.19. The SMILES string of the molecule is Cn1c(SCC=Cc2ccccc2)nc2ccccc2c1=O. The molecule has 0 saturated carbocycles. The average Bonchev–Trinajstić information content (AvgIpc) is 2.57. The molecule has 0 saturated heterocycles. The molecule has 0 fully saturated rings. The molecule has 4 heteroatoms. The van der Waals surface area contributed by atoms with Crippen molar-refractivity contribution in [2.75, 3.05) is 5.75 Å². The molecule has 0 radical (unpaired) electrons. The van der Waals surface area contributed by atoms with Crippen LogP contribution in [0.1, 0.15) is 5.56 Å². The van der Waals surface area contributed by atoms with Crippen LogP contribution in [0.15, 0.2) is 70.6 Å². The van der Waals surface area contributed by atoms with Crippen LogP contribution < -0.4 is 5.56 Å². The first-order valence-electron chi connectivity index (χ1n) is 7.06. The van der Waals surface area contributed by atoms with Gasteiger partial charge in [-0.25, -0.2) is 4.98 Å². The van der Waals surface area contributed by atoms with Gasteiger partial charge in [0, 0.05) is 12.8 Å². The van der Waals surface area contributed by atoms with Gasteiger partial charge >= 0.3 is 0 Å². The number of hydrogen-bond donors (Lipinski definition) is 0. The van der Waals surface area contributed by atoms with Crippen LogP contribution in [0, 0.1) is 0 Å². The first-order valence-corrected chi connectivity index (χ1v) is 8.04. The summed E-state index contributed by atoms with van der Waals surface area (Å²) in [5.74, 6) is 0.771. The number of fused-ring (bicyclic) bond motifs is 1. The third-order valence-electron chi connectivity index (χ3n) is 3.36. The lowest BCUT2D eigenvalue weighted by molar-refractivity contribution is 0.727. The third-order valence-corrected chi connectivity index (χ3v) is 4.34. The Morgan fingerprint density at radius 2 is 1.82 bits per heavy atom. The van der Waals surface area contributed by atoms with Crippen LogP contribution in [0.25, 0.3) is 17.0 Å². The van der Waals surface area contributed by atoms with Gasteiger partial charge in [0.15, 0.2) is 5.16 Å². The molecular weight excluding hydrogens is 292 g/mol. The number of nitrogens with zero attached hydrogens (tertiary/aromatic N) is 2. The zero-order valence-electron chi connectivity index (χ0n) is 12.3. The highest BCUT2D eigenvalue weighted by molar-refractivity contribution is 7.99. The number of thioether (sulfide) groups is 1. The van der Waals surface area contributed by atoms with E-state index in [1.165, 1.54) is 5.56 Å². The van der Waals surface area contributed by atoms with Gasteiger partial charge in [-0.15, -0.1) is 0 Å². The van der Waals surface area contributed by atoms with Crippen molar-refractivity contribution in [1.82, 2.24) is 9.55 Å². The first kappa shape index (κ1) is 14.6. The van der Waals surface area contributed by atoms with Crippen molar-refractivity contribution >= 4 is 28.7 Å². The highest BCUT2D eigenvalue weighted by Gasteiger charge is 2.07. The monoisotopic (exact) mass is 308 g/mol. The molecule has 22 heavy (non-hydrogen) atoms. The van der Waals surface area contributed by atoms with Crippen molar-refractivity contribution in [2.45, 2.75) is 5.16 Å². The van der Waals surface area contributed by atoms with E-state index in [0.29, 0.717) is 5.39 Å². The maximum Gasteiger partial charge on any atom is 0.261 e. The molecule has 0 bridgehead atoms. The van der Waals surface area contributed by atoms with E-state index in [1.54, 1.807) is 23.4 Å². The van der Waals surface area contributed by atoms with Crippen LogP contribution in [0.2, 0.25) is 0 Å². The van der Waals surface area contributed by atoms with Gasteiger partial charge in [0.1, 0.15) is 0 Å². The summed E-state index contributed by atoms with van der Waals surface area (Å²) < 4.78 is 1.61. The predicted molar refractivity (Wildman–Crippen MR) is 93.2 cm³/mol. The van der Waals surface area contributed by atoms with Gasteiger partial charge in [0.05, 0.1) is 10.9 Å². The van der Waals surface area contributed by atoms with E-state index in [2.05, 4.69) is 29.3 Å². The molecule has 0 amide bonds. The van der Waals surface area contributed by atoms with Crippen LogP contribution in [0.4, 0.5) is 0 Å². The molecule has 0 aliphatic carbocycles. The minimum Gasteiger partial charge on any atom is -0.290 e. The topological polar surface area (TPSA) is 34.9 Å². The Morgan fingerprint density at radius 1 is 1.09 bits per heavy atom. The molecule has 110 valence electrons. The van der Waals surface area contributed by atoms with Crippen LogP contribution in [0.5, 0.6) is 0 Å². The number of para-hydroxylation sites is 1. The third kappa shape index (κ3) is 3.12. The van der Waals surface area contributed by atoms with Crippen LogP contribution >= 0.6 is 11.8 Å². The average molecular weight is 308 g/mol. The minimum absolute atomic E-state index is 0.000129. The quantitative estimate of drug-likeness (QED) is 0.544. The highest BCUT2D eigenvalue weighted by Crippen LogP contribution is 2.17. The number of aromatic nitrogens is 2. The van der Waals surface area contributed by atoms with Gasteiger partial charge in [-0.05, 0) is 17.7 Å². The Kier molecular flexibility index (Phi) is 4.39. The molecule has 0 N–H and O–H groups in total. The molecule has 2 aromatic carbocycles. The molecule has 1 heterocycles. The van der Waals surface area contributed by atoms with E-state index in [0.717, 1.165) is 16.4 Å². The molecule has 1 aromatic heterocycles. The van der Waals surface area contributed by atoms with Crippen molar-refractivity contribution < 1.29 is 0 Å². The molecule has 0 spiro atoms. The summed E-state index contributed by atoms with van der Waals surface area (Å²) in [6, 6.07) is 17.6. The summed E-state index contributed by atoms with van der Waals surface area (Å²) >= 11 is 1.56. The van der Waals surface area contributed by atoms with E-state index in [9.17, 15) is 4.79 Å². The highest BCUT2D eigenvalue weighted by atomic mass is 32.2. The molecule has 0 atom stereocenters. The van der Waals surface area contributed by atoms with Gasteiger partial charge in [-0.2, -0.15) is 0 Å². The van der Waals surface area contributed by atoms with E-state index in [-0.39, 0.29) is 5.56 Å². The second-order valence-electron chi connectivity index (χ2n) is 4.90. The fourth-order valence-electron chi connectivity index (χ4n) is 2.20.